The van der Waals surface area contributed by atoms with Crippen molar-refractivity contribution in [2.75, 3.05) is 32.8 Å². The molecule has 1 aromatic carbocycles. The topological polar surface area (TPSA) is 120 Å². The van der Waals surface area contributed by atoms with E-state index < -0.39 is 10.0 Å². The van der Waals surface area contributed by atoms with Crippen LogP contribution in [0.4, 0.5) is 0 Å². The Balaban J connectivity index is 1.64. The average molecular weight is 495 g/mol. The van der Waals surface area contributed by atoms with Crippen LogP contribution >= 0.6 is 0 Å². The van der Waals surface area contributed by atoms with Gasteiger partial charge in [-0.1, -0.05) is 13.3 Å². The zero-order chi connectivity index (χ0) is 24.6. The van der Waals surface area contributed by atoms with Gasteiger partial charge in [0.05, 0.1) is 29.1 Å². The van der Waals surface area contributed by atoms with Gasteiger partial charge in [0.1, 0.15) is 12.4 Å². The van der Waals surface area contributed by atoms with Gasteiger partial charge in [-0.15, -0.1) is 0 Å². The second-order valence-corrected chi connectivity index (χ2v) is 10.2. The van der Waals surface area contributed by atoms with Gasteiger partial charge in [-0.05, 0) is 37.5 Å². The van der Waals surface area contributed by atoms with Crippen molar-refractivity contribution in [3.05, 3.63) is 24.0 Å². The Kier molecular flexibility index (Phi) is 9.43. The number of rotatable bonds is 12. The number of nitrogens with one attached hydrogen (secondary N) is 1. The largest absolute Gasteiger partial charge is 0.458 e. The van der Waals surface area contributed by atoms with Gasteiger partial charge >= 0.3 is 5.97 Å². The van der Waals surface area contributed by atoms with Crippen molar-refractivity contribution < 1.29 is 27.5 Å². The summed E-state index contributed by atoms with van der Waals surface area (Å²) in [6, 6.07) is 4.97. The summed E-state index contributed by atoms with van der Waals surface area (Å²) in [5, 5.41) is 2.73. The van der Waals surface area contributed by atoms with Gasteiger partial charge in [-0.3, -0.25) is 9.59 Å². The summed E-state index contributed by atoms with van der Waals surface area (Å²) in [6.07, 6.45) is 3.48. The third-order valence-corrected chi connectivity index (χ3v) is 7.54. The van der Waals surface area contributed by atoms with E-state index >= 15 is 0 Å². The van der Waals surface area contributed by atoms with Gasteiger partial charge in [-0.2, -0.15) is 4.31 Å². The molecule has 1 amide bonds. The predicted octanol–water partition coefficient (Wildman–Crippen LogP) is 2.21. The predicted molar refractivity (Wildman–Crippen MR) is 127 cm³/mol. The number of unbranched alkanes of at least 4 members (excludes halogenated alkanes) is 2. The molecule has 10 nitrogen and oxygen atoms in total. The molecule has 1 fully saturated rings. The van der Waals surface area contributed by atoms with Crippen LogP contribution in [0.3, 0.4) is 0 Å². The maximum Gasteiger partial charge on any atom is 0.306 e. The SMILES string of the molecule is CCCn1c(COC(=O)CCCCCNC(C)=O)nc2cc(S(=O)(=O)N3CCOCC3)ccc21. The van der Waals surface area contributed by atoms with E-state index in [0.717, 1.165) is 24.8 Å². The summed E-state index contributed by atoms with van der Waals surface area (Å²) in [7, 11) is -3.62. The van der Waals surface area contributed by atoms with Crippen LogP contribution in [0.1, 0.15) is 51.8 Å². The highest BCUT2D eigenvalue weighted by Crippen LogP contribution is 2.24. The number of hydrogen-bond donors (Lipinski definition) is 1. The summed E-state index contributed by atoms with van der Waals surface area (Å²) < 4.78 is 40.1. The number of ether oxygens (including phenoxy) is 2. The molecule has 0 aliphatic carbocycles. The molecule has 0 saturated carbocycles. The molecule has 1 aromatic heterocycles. The van der Waals surface area contributed by atoms with Crippen LogP contribution in [0.15, 0.2) is 23.1 Å². The molecule has 188 valence electrons. The number of carbonyl (C=O) groups is 2. The number of aryl methyl sites for hydroxylation is 1. The number of benzene rings is 1. The van der Waals surface area contributed by atoms with Gasteiger partial charge in [0, 0.05) is 39.5 Å². The molecule has 0 unspecified atom stereocenters. The van der Waals surface area contributed by atoms with Crippen LogP contribution in [0.5, 0.6) is 0 Å². The number of morpholine rings is 1. The Morgan fingerprint density at radius 2 is 1.94 bits per heavy atom. The molecular weight excluding hydrogens is 460 g/mol. The Morgan fingerprint density at radius 1 is 1.18 bits per heavy atom. The molecule has 2 aromatic rings. The van der Waals surface area contributed by atoms with Crippen LogP contribution in [0.25, 0.3) is 11.0 Å². The highest BCUT2D eigenvalue weighted by Gasteiger charge is 2.27. The first kappa shape index (κ1) is 26.1. The normalized spacial score (nSPS) is 14.9. The van der Waals surface area contributed by atoms with E-state index in [-0.39, 0.29) is 23.4 Å². The quantitative estimate of drug-likeness (QED) is 0.355. The molecule has 34 heavy (non-hydrogen) atoms. The van der Waals surface area contributed by atoms with E-state index in [2.05, 4.69) is 10.3 Å². The van der Waals surface area contributed by atoms with Crippen LogP contribution in [-0.2, 0) is 42.2 Å². The van der Waals surface area contributed by atoms with Crippen molar-refractivity contribution in [3.8, 4) is 0 Å². The minimum atomic E-state index is -3.62. The number of carbonyl (C=O) groups excluding carboxylic acids is 2. The zero-order valence-electron chi connectivity index (χ0n) is 19.9. The summed E-state index contributed by atoms with van der Waals surface area (Å²) in [5.74, 6) is 0.238. The molecule has 0 atom stereocenters. The van der Waals surface area contributed by atoms with Crippen molar-refractivity contribution in [3.63, 3.8) is 0 Å². The molecule has 1 saturated heterocycles. The van der Waals surface area contributed by atoms with Crippen LogP contribution in [0, 0.1) is 0 Å². The Labute approximate surface area is 200 Å². The maximum atomic E-state index is 13.0. The molecule has 1 N–H and O–H groups in total. The fraction of sp³-hybridized carbons (Fsp3) is 0.609. The van der Waals surface area contributed by atoms with E-state index in [1.807, 2.05) is 11.5 Å². The third-order valence-electron chi connectivity index (χ3n) is 5.65. The van der Waals surface area contributed by atoms with Crippen molar-refractivity contribution in [1.82, 2.24) is 19.2 Å². The van der Waals surface area contributed by atoms with Gasteiger partial charge in [0.2, 0.25) is 15.9 Å². The summed E-state index contributed by atoms with van der Waals surface area (Å²) >= 11 is 0. The van der Waals surface area contributed by atoms with Gasteiger partial charge in [-0.25, -0.2) is 13.4 Å². The lowest BCUT2D eigenvalue weighted by molar-refractivity contribution is -0.145. The molecule has 0 radical (unpaired) electrons. The van der Waals surface area contributed by atoms with E-state index in [1.165, 1.54) is 11.2 Å². The van der Waals surface area contributed by atoms with E-state index in [9.17, 15) is 18.0 Å². The van der Waals surface area contributed by atoms with Crippen molar-refractivity contribution in [1.29, 1.82) is 0 Å². The number of hydrogen-bond acceptors (Lipinski definition) is 7. The van der Waals surface area contributed by atoms with E-state index in [1.54, 1.807) is 18.2 Å². The average Bonchev–Trinajstić information content (AvgIpc) is 3.17. The fourth-order valence-electron chi connectivity index (χ4n) is 3.89. The number of imidazole rings is 1. The highest BCUT2D eigenvalue weighted by atomic mass is 32.2. The lowest BCUT2D eigenvalue weighted by Gasteiger charge is -2.26. The molecule has 11 heteroatoms. The minimum absolute atomic E-state index is 0.0327. The van der Waals surface area contributed by atoms with E-state index in [0.29, 0.717) is 63.6 Å². The molecule has 0 spiro atoms. The number of aromatic nitrogens is 2. The van der Waals surface area contributed by atoms with Crippen molar-refractivity contribution in [2.24, 2.45) is 0 Å². The molecule has 1 aliphatic rings. The molecule has 3 rings (SSSR count). The second-order valence-electron chi connectivity index (χ2n) is 8.30. The minimum Gasteiger partial charge on any atom is -0.458 e. The first-order valence-electron chi connectivity index (χ1n) is 11.8. The van der Waals surface area contributed by atoms with Gasteiger partial charge < -0.3 is 19.4 Å². The third kappa shape index (κ3) is 6.77. The fourth-order valence-corrected chi connectivity index (χ4v) is 5.32. The Morgan fingerprint density at radius 3 is 2.65 bits per heavy atom. The molecule has 2 heterocycles. The van der Waals surface area contributed by atoms with Crippen LogP contribution in [-0.4, -0.2) is 67.0 Å². The Bertz CT molecular complexity index is 1090. The smallest absolute Gasteiger partial charge is 0.306 e. The molecule has 0 bridgehead atoms. The summed E-state index contributed by atoms with van der Waals surface area (Å²) in [5.41, 5.74) is 1.37. The first-order valence-corrected chi connectivity index (χ1v) is 13.2. The Hall–Kier alpha value is -2.50. The lowest BCUT2D eigenvalue weighted by atomic mass is 10.2. The van der Waals surface area contributed by atoms with Crippen LogP contribution in [0.2, 0.25) is 0 Å². The number of nitrogens with zero attached hydrogens (tertiary/aromatic N) is 3. The lowest BCUT2D eigenvalue weighted by Crippen LogP contribution is -2.40. The number of esters is 1. The number of fused-ring (bicyclic) bond motifs is 1. The monoisotopic (exact) mass is 494 g/mol. The second kappa shape index (κ2) is 12.3. The first-order chi connectivity index (χ1) is 16.3. The summed E-state index contributed by atoms with van der Waals surface area (Å²) in [6.45, 7) is 6.28. The van der Waals surface area contributed by atoms with Gasteiger partial charge in [0.25, 0.3) is 0 Å². The standard InChI is InChI=1S/C23H34N4O6S/c1-3-11-27-21-9-8-19(34(30,31)26-12-14-32-15-13-26)16-20(21)25-22(27)17-33-23(29)7-5-4-6-10-24-18(2)28/h8-9,16H,3-7,10-15,17H2,1-2H3,(H,24,28). The molecular formula is C23H34N4O6S. The maximum absolute atomic E-state index is 13.0. The van der Waals surface area contributed by atoms with Crippen LogP contribution < -0.4 is 5.32 Å². The zero-order valence-corrected chi connectivity index (χ0v) is 20.7. The van der Waals surface area contributed by atoms with Crippen molar-refractivity contribution >= 4 is 32.9 Å². The highest BCUT2D eigenvalue weighted by molar-refractivity contribution is 7.89. The van der Waals surface area contributed by atoms with E-state index in [4.69, 9.17) is 9.47 Å². The number of amides is 1. The summed E-state index contributed by atoms with van der Waals surface area (Å²) in [4.78, 5) is 27.8. The molecule has 1 aliphatic heterocycles. The van der Waals surface area contributed by atoms with Crippen molar-refractivity contribution in [2.45, 2.75) is 64.0 Å². The van der Waals surface area contributed by atoms with Gasteiger partial charge in [0.15, 0.2) is 0 Å². The number of sulfonamides is 1.